The Kier molecular flexibility index (Phi) is 10.7. The molecule has 1 aliphatic heterocycles. The Labute approximate surface area is 218 Å². The van der Waals surface area contributed by atoms with Crippen LogP contribution in [0.4, 0.5) is 21.0 Å². The van der Waals surface area contributed by atoms with Crippen molar-refractivity contribution in [3.8, 4) is 0 Å². The standard InChI is InChI=1S/C23H21N5O8.C2H6/c1-15(36-16(2)18-5-9-20(10-6-18)28(33)34)11-24-27-12-21(30)26(23(27)32)14-35-22(31)25-19-7-3-17(13-29)4-8-19;1-2/h3-11,29H,1-2,12-14H2,(H,25,31);1-2H3/b24-11+;. The Hall–Kier alpha value is -5.04. The molecule has 13 heteroatoms. The molecule has 2 aromatic rings. The van der Waals surface area contributed by atoms with Gasteiger partial charge in [-0.05, 0) is 29.8 Å². The van der Waals surface area contributed by atoms with Gasteiger partial charge in [-0.15, -0.1) is 0 Å². The number of benzene rings is 2. The zero-order valence-electron chi connectivity index (χ0n) is 20.8. The van der Waals surface area contributed by atoms with Crippen molar-refractivity contribution in [1.29, 1.82) is 0 Å². The first-order valence-corrected chi connectivity index (χ1v) is 11.3. The molecule has 0 bridgehead atoms. The van der Waals surface area contributed by atoms with Gasteiger partial charge in [-0.1, -0.05) is 39.1 Å². The van der Waals surface area contributed by atoms with Gasteiger partial charge in [-0.25, -0.2) is 19.5 Å². The molecule has 1 heterocycles. The van der Waals surface area contributed by atoms with E-state index in [1.54, 1.807) is 24.3 Å². The highest BCUT2D eigenvalue weighted by Crippen LogP contribution is 2.20. The van der Waals surface area contributed by atoms with Gasteiger partial charge in [0.05, 0.1) is 17.7 Å². The zero-order valence-corrected chi connectivity index (χ0v) is 20.8. The van der Waals surface area contributed by atoms with Crippen LogP contribution in [0.2, 0.25) is 0 Å². The molecular weight excluding hydrogens is 498 g/mol. The number of hydrogen-bond donors (Lipinski definition) is 2. The van der Waals surface area contributed by atoms with E-state index in [9.17, 15) is 24.5 Å². The van der Waals surface area contributed by atoms with Crippen molar-refractivity contribution in [1.82, 2.24) is 9.91 Å². The van der Waals surface area contributed by atoms with E-state index in [0.29, 0.717) is 21.7 Å². The number of allylic oxidation sites excluding steroid dienone is 1. The number of rotatable bonds is 10. The number of amides is 4. The van der Waals surface area contributed by atoms with E-state index >= 15 is 0 Å². The van der Waals surface area contributed by atoms with Crippen LogP contribution < -0.4 is 5.32 Å². The normalized spacial score (nSPS) is 12.6. The summed E-state index contributed by atoms with van der Waals surface area (Å²) in [6.45, 7) is 10.2. The van der Waals surface area contributed by atoms with E-state index in [0.717, 1.165) is 11.2 Å². The molecule has 3 rings (SSSR count). The van der Waals surface area contributed by atoms with Gasteiger partial charge in [0.2, 0.25) is 0 Å². The maximum Gasteiger partial charge on any atom is 0.413 e. The number of nitro groups is 1. The lowest BCUT2D eigenvalue weighted by molar-refractivity contribution is -0.384. The van der Waals surface area contributed by atoms with E-state index in [-0.39, 0.29) is 30.4 Å². The Morgan fingerprint density at radius 3 is 2.37 bits per heavy atom. The molecule has 0 aromatic heterocycles. The molecule has 2 N–H and O–H groups in total. The SMILES string of the molecule is C=C(/C=N/N1CC(=O)N(COC(=O)Nc2ccc(CO)cc2)C1=O)OC(=C)c1ccc([N+](=O)[O-])cc1.CC. The van der Waals surface area contributed by atoms with Crippen molar-refractivity contribution < 1.29 is 33.9 Å². The van der Waals surface area contributed by atoms with Gasteiger partial charge in [0.15, 0.2) is 6.73 Å². The highest BCUT2D eigenvalue weighted by Gasteiger charge is 2.37. The molecular formula is C25H27N5O8. The van der Waals surface area contributed by atoms with Gasteiger partial charge in [-0.3, -0.25) is 20.2 Å². The number of ether oxygens (including phenoxy) is 2. The Morgan fingerprint density at radius 1 is 1.16 bits per heavy atom. The molecule has 1 fully saturated rings. The molecule has 0 atom stereocenters. The maximum atomic E-state index is 12.4. The number of carbonyl (C=O) groups is 3. The number of carbonyl (C=O) groups excluding carboxylic acids is 3. The van der Waals surface area contributed by atoms with Gasteiger partial charge in [0.1, 0.15) is 18.1 Å². The number of aliphatic hydroxyl groups is 1. The predicted octanol–water partition coefficient (Wildman–Crippen LogP) is 4.07. The Balaban J connectivity index is 0.00000247. The van der Waals surface area contributed by atoms with E-state index in [4.69, 9.17) is 14.6 Å². The van der Waals surface area contributed by atoms with Crippen molar-refractivity contribution in [3.05, 3.63) is 88.7 Å². The lowest BCUT2D eigenvalue weighted by Crippen LogP contribution is -2.35. The second-order valence-electron chi connectivity index (χ2n) is 7.24. The van der Waals surface area contributed by atoms with Crippen LogP contribution in [0.25, 0.3) is 5.76 Å². The first kappa shape index (κ1) is 29.2. The van der Waals surface area contributed by atoms with Gasteiger partial charge < -0.3 is 14.6 Å². The van der Waals surface area contributed by atoms with Gasteiger partial charge in [0, 0.05) is 23.4 Å². The van der Waals surface area contributed by atoms with Crippen molar-refractivity contribution >= 4 is 41.4 Å². The predicted molar refractivity (Wildman–Crippen MR) is 138 cm³/mol. The fourth-order valence-electron chi connectivity index (χ4n) is 2.86. The highest BCUT2D eigenvalue weighted by molar-refractivity contribution is 6.02. The third-order valence-electron chi connectivity index (χ3n) is 4.74. The average molecular weight is 526 g/mol. The third-order valence-corrected chi connectivity index (χ3v) is 4.74. The summed E-state index contributed by atoms with van der Waals surface area (Å²) in [6.07, 6.45) is 0.204. The summed E-state index contributed by atoms with van der Waals surface area (Å²) in [5.74, 6) is -0.517. The lowest BCUT2D eigenvalue weighted by Gasteiger charge is -2.14. The molecule has 0 saturated carbocycles. The molecule has 0 unspecified atom stereocenters. The molecule has 0 aliphatic carbocycles. The summed E-state index contributed by atoms with van der Waals surface area (Å²) < 4.78 is 10.3. The molecule has 200 valence electrons. The number of hydrazone groups is 1. The number of nitro benzene ring substituents is 1. The number of nitrogens with zero attached hydrogens (tertiary/aromatic N) is 4. The smallest absolute Gasteiger partial charge is 0.413 e. The van der Waals surface area contributed by atoms with Crippen LogP contribution in [-0.4, -0.2) is 57.5 Å². The minimum absolute atomic E-state index is 0.0140. The molecule has 1 saturated heterocycles. The minimum Gasteiger partial charge on any atom is -0.456 e. The summed E-state index contributed by atoms with van der Waals surface area (Å²) in [5.41, 5.74) is 1.43. The molecule has 0 spiro atoms. The van der Waals surface area contributed by atoms with Crippen LogP contribution >= 0.6 is 0 Å². The fourth-order valence-corrected chi connectivity index (χ4v) is 2.86. The summed E-state index contributed by atoms with van der Waals surface area (Å²) in [7, 11) is 0. The molecule has 1 aliphatic rings. The van der Waals surface area contributed by atoms with Gasteiger partial charge in [-0.2, -0.15) is 5.10 Å². The molecule has 0 radical (unpaired) electrons. The molecule has 4 amide bonds. The number of anilines is 1. The second-order valence-corrected chi connectivity index (χ2v) is 7.24. The van der Waals surface area contributed by atoms with Crippen LogP contribution in [0, 0.1) is 10.1 Å². The number of hydrogen-bond acceptors (Lipinski definition) is 9. The van der Waals surface area contributed by atoms with Crippen LogP contribution in [-0.2, 0) is 20.9 Å². The van der Waals surface area contributed by atoms with E-state index in [1.165, 1.54) is 24.3 Å². The number of non-ortho nitro benzene ring substituents is 1. The van der Waals surface area contributed by atoms with E-state index in [2.05, 4.69) is 23.6 Å². The summed E-state index contributed by atoms with van der Waals surface area (Å²) in [5, 5.41) is 26.9. The fraction of sp³-hybridized carbons (Fsp3) is 0.200. The topological polar surface area (TPSA) is 164 Å². The molecule has 2 aromatic carbocycles. The summed E-state index contributed by atoms with van der Waals surface area (Å²) in [6, 6.07) is 11.0. The lowest BCUT2D eigenvalue weighted by atomic mass is 10.2. The van der Waals surface area contributed by atoms with Crippen molar-refractivity contribution in [3.63, 3.8) is 0 Å². The second kappa shape index (κ2) is 13.9. The van der Waals surface area contributed by atoms with Crippen LogP contribution in [0.1, 0.15) is 25.0 Å². The largest absolute Gasteiger partial charge is 0.456 e. The first-order chi connectivity index (χ1) is 18.2. The van der Waals surface area contributed by atoms with Crippen LogP contribution in [0.5, 0.6) is 0 Å². The molecule has 13 nitrogen and oxygen atoms in total. The summed E-state index contributed by atoms with van der Waals surface area (Å²) >= 11 is 0. The average Bonchev–Trinajstić information content (AvgIpc) is 3.19. The first-order valence-electron chi connectivity index (χ1n) is 11.3. The van der Waals surface area contributed by atoms with E-state index in [1.807, 2.05) is 13.8 Å². The van der Waals surface area contributed by atoms with E-state index < -0.39 is 29.7 Å². The highest BCUT2D eigenvalue weighted by atomic mass is 16.6. The maximum absolute atomic E-state index is 12.4. The zero-order chi connectivity index (χ0) is 28.2. The monoisotopic (exact) mass is 525 g/mol. The van der Waals surface area contributed by atoms with Crippen LogP contribution in [0.15, 0.2) is 72.5 Å². The van der Waals surface area contributed by atoms with Gasteiger partial charge >= 0.3 is 12.1 Å². The molecule has 38 heavy (non-hydrogen) atoms. The quantitative estimate of drug-likeness (QED) is 0.154. The van der Waals surface area contributed by atoms with Gasteiger partial charge in [0.25, 0.3) is 11.6 Å². The van der Waals surface area contributed by atoms with Crippen molar-refractivity contribution in [2.24, 2.45) is 5.10 Å². The van der Waals surface area contributed by atoms with Crippen molar-refractivity contribution in [2.45, 2.75) is 20.5 Å². The Morgan fingerprint density at radius 2 is 1.79 bits per heavy atom. The van der Waals surface area contributed by atoms with Crippen LogP contribution in [0.3, 0.4) is 0 Å². The summed E-state index contributed by atoms with van der Waals surface area (Å²) in [4.78, 5) is 47.5. The minimum atomic E-state index is -0.888. The number of imide groups is 1. The number of aliphatic hydroxyl groups excluding tert-OH is 1. The number of nitrogens with one attached hydrogen (secondary N) is 1. The Bertz CT molecular complexity index is 1230. The third kappa shape index (κ3) is 7.99. The van der Waals surface area contributed by atoms with Crippen molar-refractivity contribution in [2.75, 3.05) is 18.6 Å². The number of urea groups is 1.